The van der Waals surface area contributed by atoms with E-state index in [1.54, 1.807) is 0 Å². The summed E-state index contributed by atoms with van der Waals surface area (Å²) in [5.41, 5.74) is 7.32. The van der Waals surface area contributed by atoms with Gasteiger partial charge in [0.2, 0.25) is 5.95 Å². The van der Waals surface area contributed by atoms with Crippen molar-refractivity contribution < 1.29 is 0 Å². The van der Waals surface area contributed by atoms with Crippen LogP contribution in [0.5, 0.6) is 0 Å². The van der Waals surface area contributed by atoms with Crippen molar-refractivity contribution >= 4 is 23.2 Å². The minimum absolute atomic E-state index is 0.342. The van der Waals surface area contributed by atoms with E-state index in [1.807, 2.05) is 13.0 Å². The van der Waals surface area contributed by atoms with Crippen molar-refractivity contribution in [2.24, 2.45) is 11.7 Å². The van der Waals surface area contributed by atoms with Crippen molar-refractivity contribution in [2.75, 3.05) is 31.6 Å². The molecule has 2 fully saturated rings. The third kappa shape index (κ3) is 3.01. The maximum Gasteiger partial charge on any atom is 0.226 e. The number of nitrogens with two attached hydrogens (primary N) is 1. The first-order chi connectivity index (χ1) is 10.0. The lowest BCUT2D eigenvalue weighted by Gasteiger charge is -2.46. The van der Waals surface area contributed by atoms with Crippen LogP contribution in [0.15, 0.2) is 6.07 Å². The smallest absolute Gasteiger partial charge is 0.226 e. The van der Waals surface area contributed by atoms with Gasteiger partial charge in [-0.1, -0.05) is 12.2 Å². The highest BCUT2D eigenvalue weighted by Crippen LogP contribution is 2.30. The molecule has 2 N–H and O–H groups in total. The molecule has 3 heterocycles. The molecule has 6 heteroatoms. The molecular formula is C15H23N5S. The number of hydrogen-bond acceptors (Lipinski definition) is 5. The van der Waals surface area contributed by atoms with Crippen LogP contribution in [0.25, 0.3) is 0 Å². The number of anilines is 1. The lowest BCUT2D eigenvalue weighted by Crippen LogP contribution is -2.53. The fourth-order valence-corrected chi connectivity index (χ4v) is 3.76. The molecule has 2 saturated heterocycles. The number of nitrogens with zero attached hydrogens (tertiary/aromatic N) is 4. The highest BCUT2D eigenvalue weighted by Gasteiger charge is 2.35. The van der Waals surface area contributed by atoms with Gasteiger partial charge < -0.3 is 15.5 Å². The molecule has 1 aromatic rings. The number of rotatable bonds is 2. The predicted molar refractivity (Wildman–Crippen MR) is 88.6 cm³/mol. The summed E-state index contributed by atoms with van der Waals surface area (Å²) in [4.78, 5) is 14.3. The number of aromatic nitrogens is 2. The minimum Gasteiger partial charge on any atom is -0.388 e. The Bertz CT molecular complexity index is 547. The molecule has 2 atom stereocenters. The van der Waals surface area contributed by atoms with Gasteiger partial charge in [-0.05, 0) is 51.8 Å². The van der Waals surface area contributed by atoms with Crippen molar-refractivity contribution in [2.45, 2.75) is 32.2 Å². The van der Waals surface area contributed by atoms with E-state index in [4.69, 9.17) is 18.0 Å². The van der Waals surface area contributed by atoms with E-state index in [0.717, 1.165) is 36.7 Å². The first-order valence-corrected chi connectivity index (χ1v) is 8.06. The van der Waals surface area contributed by atoms with Gasteiger partial charge in [0.05, 0.1) is 0 Å². The monoisotopic (exact) mass is 305 g/mol. The van der Waals surface area contributed by atoms with E-state index in [2.05, 4.69) is 26.8 Å². The van der Waals surface area contributed by atoms with E-state index in [9.17, 15) is 0 Å². The number of hydrogen-bond donors (Lipinski definition) is 1. The van der Waals surface area contributed by atoms with Crippen LogP contribution < -0.4 is 10.6 Å². The predicted octanol–water partition coefficient (Wildman–Crippen LogP) is 1.34. The SMILES string of the molecule is Cc1cc(C(N)=S)nc(N2CCC3C(CCCN3C)C2)n1. The topological polar surface area (TPSA) is 58.3 Å². The second-order valence-corrected chi connectivity index (χ2v) is 6.68. The summed E-state index contributed by atoms with van der Waals surface area (Å²) in [7, 11) is 2.25. The summed E-state index contributed by atoms with van der Waals surface area (Å²) < 4.78 is 0. The average Bonchev–Trinajstić information content (AvgIpc) is 2.46. The van der Waals surface area contributed by atoms with Gasteiger partial charge in [-0.2, -0.15) is 0 Å². The van der Waals surface area contributed by atoms with Crippen LogP contribution in [0.3, 0.4) is 0 Å². The van der Waals surface area contributed by atoms with Crippen LogP contribution >= 0.6 is 12.2 Å². The molecule has 5 nitrogen and oxygen atoms in total. The van der Waals surface area contributed by atoms with E-state index < -0.39 is 0 Å². The molecule has 0 saturated carbocycles. The molecule has 0 amide bonds. The molecule has 0 aromatic carbocycles. The summed E-state index contributed by atoms with van der Waals surface area (Å²) in [6.07, 6.45) is 3.78. The molecule has 0 bridgehead atoms. The fraction of sp³-hybridized carbons (Fsp3) is 0.667. The van der Waals surface area contributed by atoms with E-state index in [1.165, 1.54) is 25.8 Å². The second-order valence-electron chi connectivity index (χ2n) is 6.24. The molecule has 0 aliphatic carbocycles. The Labute approximate surface area is 131 Å². The van der Waals surface area contributed by atoms with Crippen LogP contribution in [0.2, 0.25) is 0 Å². The zero-order valence-electron chi connectivity index (χ0n) is 12.7. The van der Waals surface area contributed by atoms with Crippen LogP contribution in [-0.2, 0) is 0 Å². The summed E-state index contributed by atoms with van der Waals surface area (Å²) >= 11 is 5.05. The Morgan fingerprint density at radius 2 is 2.14 bits per heavy atom. The van der Waals surface area contributed by atoms with Crippen LogP contribution in [0.4, 0.5) is 5.95 Å². The van der Waals surface area contributed by atoms with Crippen LogP contribution in [0, 0.1) is 12.8 Å². The van der Waals surface area contributed by atoms with Crippen molar-refractivity contribution in [3.63, 3.8) is 0 Å². The number of likely N-dealkylation sites (tertiary alicyclic amines) is 1. The first kappa shape index (κ1) is 14.7. The molecule has 2 unspecified atom stereocenters. The molecule has 2 aliphatic heterocycles. The largest absolute Gasteiger partial charge is 0.388 e. The third-order valence-corrected chi connectivity index (χ3v) is 4.93. The molecule has 0 spiro atoms. The minimum atomic E-state index is 0.342. The first-order valence-electron chi connectivity index (χ1n) is 7.65. The number of piperidine rings is 2. The van der Waals surface area contributed by atoms with Gasteiger partial charge in [0, 0.05) is 24.8 Å². The summed E-state index contributed by atoms with van der Waals surface area (Å²) in [6, 6.07) is 2.57. The van der Waals surface area contributed by atoms with Crippen LogP contribution in [-0.4, -0.2) is 52.6 Å². The summed E-state index contributed by atoms with van der Waals surface area (Å²) in [5, 5.41) is 0. The van der Waals surface area contributed by atoms with E-state index >= 15 is 0 Å². The average molecular weight is 305 g/mol. The third-order valence-electron chi connectivity index (χ3n) is 4.72. The Kier molecular flexibility index (Phi) is 4.08. The number of thiocarbonyl (C=S) groups is 1. The molecule has 0 radical (unpaired) electrons. The van der Waals surface area contributed by atoms with Gasteiger partial charge in [0.25, 0.3) is 0 Å². The second kappa shape index (κ2) is 5.85. The molecular weight excluding hydrogens is 282 g/mol. The maximum absolute atomic E-state index is 5.72. The zero-order valence-corrected chi connectivity index (χ0v) is 13.6. The lowest BCUT2D eigenvalue weighted by atomic mass is 9.84. The lowest BCUT2D eigenvalue weighted by molar-refractivity contribution is 0.102. The molecule has 3 rings (SSSR count). The molecule has 1 aromatic heterocycles. The standard InChI is InChI=1S/C15H23N5S/c1-10-8-12(14(16)21)18-15(17-10)20-7-5-13-11(9-20)4-3-6-19(13)2/h8,11,13H,3-7,9H2,1-2H3,(H2,16,21). The summed E-state index contributed by atoms with van der Waals surface area (Å²) in [6.45, 7) is 5.24. The van der Waals surface area contributed by atoms with E-state index in [-0.39, 0.29) is 0 Å². The van der Waals surface area contributed by atoms with Crippen molar-refractivity contribution in [3.8, 4) is 0 Å². The van der Waals surface area contributed by atoms with Gasteiger partial charge in [-0.25, -0.2) is 9.97 Å². The van der Waals surface area contributed by atoms with Crippen molar-refractivity contribution in [1.29, 1.82) is 0 Å². The molecule has 2 aliphatic rings. The Hall–Kier alpha value is -1.27. The fourth-order valence-electron chi connectivity index (χ4n) is 3.65. The normalized spacial score (nSPS) is 26.5. The number of aryl methyl sites for hydroxylation is 1. The zero-order chi connectivity index (χ0) is 15.0. The van der Waals surface area contributed by atoms with Crippen molar-refractivity contribution in [1.82, 2.24) is 14.9 Å². The van der Waals surface area contributed by atoms with Gasteiger partial charge in [0.1, 0.15) is 10.7 Å². The van der Waals surface area contributed by atoms with Crippen molar-refractivity contribution in [3.05, 3.63) is 17.5 Å². The molecule has 114 valence electrons. The Morgan fingerprint density at radius 1 is 1.33 bits per heavy atom. The van der Waals surface area contributed by atoms with Crippen LogP contribution in [0.1, 0.15) is 30.7 Å². The number of fused-ring (bicyclic) bond motifs is 1. The van der Waals surface area contributed by atoms with E-state index in [0.29, 0.717) is 10.7 Å². The highest BCUT2D eigenvalue weighted by atomic mass is 32.1. The Balaban J connectivity index is 1.80. The van der Waals surface area contributed by atoms with Gasteiger partial charge in [-0.15, -0.1) is 0 Å². The van der Waals surface area contributed by atoms with Gasteiger partial charge in [-0.3, -0.25) is 0 Å². The van der Waals surface area contributed by atoms with Gasteiger partial charge >= 0.3 is 0 Å². The maximum atomic E-state index is 5.72. The van der Waals surface area contributed by atoms with Gasteiger partial charge in [0.15, 0.2) is 0 Å². The summed E-state index contributed by atoms with van der Waals surface area (Å²) in [5.74, 6) is 1.50. The Morgan fingerprint density at radius 3 is 2.90 bits per heavy atom. The quantitative estimate of drug-likeness (QED) is 0.832. The highest BCUT2D eigenvalue weighted by molar-refractivity contribution is 7.80. The molecule has 21 heavy (non-hydrogen) atoms.